The van der Waals surface area contributed by atoms with Crippen LogP contribution in [0.2, 0.25) is 5.02 Å². The molecule has 1 amide bonds. The van der Waals surface area contributed by atoms with Crippen molar-refractivity contribution >= 4 is 23.2 Å². The Bertz CT molecular complexity index is 1120. The molecule has 0 aliphatic rings. The van der Waals surface area contributed by atoms with E-state index in [4.69, 9.17) is 16.1 Å². The number of carbonyl (C=O) groups is 1. The highest BCUT2D eigenvalue weighted by Crippen LogP contribution is 2.21. The van der Waals surface area contributed by atoms with Crippen LogP contribution in [0.25, 0.3) is 23.0 Å². The van der Waals surface area contributed by atoms with E-state index in [1.54, 1.807) is 60.4 Å². The predicted molar refractivity (Wildman–Crippen MR) is 104 cm³/mol. The largest absolute Gasteiger partial charge is 0.333 e. The van der Waals surface area contributed by atoms with Crippen LogP contribution in [0.4, 0.5) is 5.69 Å². The first-order valence-electron chi connectivity index (χ1n) is 8.42. The molecule has 1 aromatic carbocycles. The molecule has 3 heterocycles. The van der Waals surface area contributed by atoms with Crippen LogP contribution in [0.15, 0.2) is 59.5 Å². The van der Waals surface area contributed by atoms with Gasteiger partial charge in [0.25, 0.3) is 5.89 Å². The maximum Gasteiger partial charge on any atom is 0.259 e. The van der Waals surface area contributed by atoms with E-state index in [1.165, 1.54) is 0 Å². The molecule has 0 bridgehead atoms. The Morgan fingerprint density at radius 3 is 2.93 bits per heavy atom. The number of nitrogens with one attached hydrogen (secondary N) is 1. The number of carbonyl (C=O) groups excluding carboxylic acids is 1. The van der Waals surface area contributed by atoms with E-state index in [1.807, 2.05) is 6.07 Å². The number of anilines is 1. The van der Waals surface area contributed by atoms with Gasteiger partial charge in [-0.2, -0.15) is 4.98 Å². The summed E-state index contributed by atoms with van der Waals surface area (Å²) in [7, 11) is 0. The standard InChI is InChI=1S/C19H15ClN6O2/c1-12-22-16(18-24-19(28-25-18)13-4-3-7-21-9-13)10-26(12)11-17(27)23-15-6-2-5-14(20)8-15/h2-10H,11H2,1H3,(H,23,27). The van der Waals surface area contributed by atoms with Crippen LogP contribution < -0.4 is 5.32 Å². The summed E-state index contributed by atoms with van der Waals surface area (Å²) in [5, 5.41) is 7.33. The minimum Gasteiger partial charge on any atom is -0.333 e. The van der Waals surface area contributed by atoms with Gasteiger partial charge in [-0.05, 0) is 37.3 Å². The maximum absolute atomic E-state index is 12.3. The fourth-order valence-electron chi connectivity index (χ4n) is 2.63. The first-order valence-corrected chi connectivity index (χ1v) is 8.80. The fourth-order valence-corrected chi connectivity index (χ4v) is 2.82. The number of benzene rings is 1. The maximum atomic E-state index is 12.3. The van der Waals surface area contributed by atoms with Gasteiger partial charge in [0.1, 0.15) is 18.1 Å². The number of amides is 1. The summed E-state index contributed by atoms with van der Waals surface area (Å²) in [6, 6.07) is 10.6. The molecule has 4 rings (SSSR count). The molecular formula is C19H15ClN6O2. The van der Waals surface area contributed by atoms with Crippen molar-refractivity contribution in [2.75, 3.05) is 5.32 Å². The lowest BCUT2D eigenvalue weighted by molar-refractivity contribution is -0.116. The normalized spacial score (nSPS) is 10.8. The molecule has 1 N–H and O–H groups in total. The number of nitrogens with zero attached hydrogens (tertiary/aromatic N) is 5. The van der Waals surface area contributed by atoms with E-state index in [2.05, 4.69) is 25.4 Å². The molecule has 3 aromatic heterocycles. The van der Waals surface area contributed by atoms with Crippen LogP contribution in [0.1, 0.15) is 5.82 Å². The summed E-state index contributed by atoms with van der Waals surface area (Å²) < 4.78 is 7.00. The topological polar surface area (TPSA) is 98.7 Å². The zero-order valence-corrected chi connectivity index (χ0v) is 15.6. The highest BCUT2D eigenvalue weighted by atomic mass is 35.5. The van der Waals surface area contributed by atoms with E-state index in [0.29, 0.717) is 33.9 Å². The molecule has 0 radical (unpaired) electrons. The van der Waals surface area contributed by atoms with Crippen LogP contribution in [0.5, 0.6) is 0 Å². The van der Waals surface area contributed by atoms with Crippen molar-refractivity contribution in [3.63, 3.8) is 0 Å². The van der Waals surface area contributed by atoms with Crippen molar-refractivity contribution in [1.82, 2.24) is 24.7 Å². The van der Waals surface area contributed by atoms with Crippen molar-refractivity contribution in [1.29, 1.82) is 0 Å². The first kappa shape index (κ1) is 17.9. The molecule has 140 valence electrons. The summed E-state index contributed by atoms with van der Waals surface area (Å²) in [6.07, 6.45) is 5.02. The average molecular weight is 395 g/mol. The van der Waals surface area contributed by atoms with Crippen molar-refractivity contribution < 1.29 is 9.32 Å². The van der Waals surface area contributed by atoms with Gasteiger partial charge in [-0.3, -0.25) is 9.78 Å². The van der Waals surface area contributed by atoms with Gasteiger partial charge < -0.3 is 14.4 Å². The molecule has 0 aliphatic heterocycles. The highest BCUT2D eigenvalue weighted by Gasteiger charge is 2.16. The zero-order chi connectivity index (χ0) is 19.5. The van der Waals surface area contributed by atoms with Crippen LogP contribution in [0, 0.1) is 6.92 Å². The smallest absolute Gasteiger partial charge is 0.259 e. The number of pyridine rings is 1. The lowest BCUT2D eigenvalue weighted by atomic mass is 10.3. The molecule has 9 heteroatoms. The highest BCUT2D eigenvalue weighted by molar-refractivity contribution is 6.30. The van der Waals surface area contributed by atoms with E-state index in [-0.39, 0.29) is 12.5 Å². The molecule has 4 aromatic rings. The van der Waals surface area contributed by atoms with Gasteiger partial charge in [0.15, 0.2) is 0 Å². The van der Waals surface area contributed by atoms with Gasteiger partial charge in [-0.15, -0.1) is 0 Å². The SMILES string of the molecule is Cc1nc(-c2noc(-c3cccnc3)n2)cn1CC(=O)Nc1cccc(Cl)c1. The summed E-state index contributed by atoms with van der Waals surface area (Å²) in [6.45, 7) is 1.90. The van der Waals surface area contributed by atoms with Gasteiger partial charge in [-0.25, -0.2) is 4.98 Å². The Morgan fingerprint density at radius 2 is 2.14 bits per heavy atom. The molecule has 0 atom stereocenters. The van der Waals surface area contributed by atoms with Gasteiger partial charge >= 0.3 is 0 Å². The van der Waals surface area contributed by atoms with Crippen molar-refractivity contribution in [2.45, 2.75) is 13.5 Å². The molecule has 0 aliphatic carbocycles. The number of imidazole rings is 1. The van der Waals surface area contributed by atoms with E-state index >= 15 is 0 Å². The van der Waals surface area contributed by atoms with Gasteiger partial charge in [0.2, 0.25) is 11.7 Å². The third kappa shape index (κ3) is 3.91. The third-order valence-electron chi connectivity index (χ3n) is 3.96. The summed E-state index contributed by atoms with van der Waals surface area (Å²) in [5.74, 6) is 1.16. The molecule has 0 saturated carbocycles. The lowest BCUT2D eigenvalue weighted by Gasteiger charge is -2.07. The number of aryl methyl sites for hydroxylation is 1. The second kappa shape index (κ2) is 7.61. The first-order chi connectivity index (χ1) is 13.6. The summed E-state index contributed by atoms with van der Waals surface area (Å²) in [5.41, 5.74) is 1.88. The number of hydrogen-bond donors (Lipinski definition) is 1. The second-order valence-corrected chi connectivity index (χ2v) is 6.46. The summed E-state index contributed by atoms with van der Waals surface area (Å²) >= 11 is 5.94. The molecule has 0 spiro atoms. The van der Waals surface area contributed by atoms with Crippen molar-refractivity contribution in [3.8, 4) is 23.0 Å². The van der Waals surface area contributed by atoms with Gasteiger partial charge in [0, 0.05) is 29.3 Å². The lowest BCUT2D eigenvalue weighted by Crippen LogP contribution is -2.19. The quantitative estimate of drug-likeness (QED) is 0.555. The Hall–Kier alpha value is -3.52. The fraction of sp³-hybridized carbons (Fsp3) is 0.105. The van der Waals surface area contributed by atoms with E-state index in [9.17, 15) is 4.79 Å². The predicted octanol–water partition coefficient (Wildman–Crippen LogP) is 3.60. The Kier molecular flexibility index (Phi) is 4.86. The minimum atomic E-state index is -0.196. The Morgan fingerprint density at radius 1 is 1.25 bits per heavy atom. The number of halogens is 1. The van der Waals surface area contributed by atoms with Crippen LogP contribution >= 0.6 is 11.6 Å². The molecule has 8 nitrogen and oxygen atoms in total. The third-order valence-corrected chi connectivity index (χ3v) is 4.20. The van der Waals surface area contributed by atoms with E-state index < -0.39 is 0 Å². The molecule has 0 fully saturated rings. The van der Waals surface area contributed by atoms with Crippen LogP contribution in [-0.2, 0) is 11.3 Å². The van der Waals surface area contributed by atoms with Gasteiger partial charge in [-0.1, -0.05) is 22.8 Å². The summed E-state index contributed by atoms with van der Waals surface area (Å²) in [4.78, 5) is 25.1. The van der Waals surface area contributed by atoms with E-state index in [0.717, 1.165) is 5.56 Å². The molecule has 0 unspecified atom stereocenters. The number of aromatic nitrogens is 5. The average Bonchev–Trinajstić information content (AvgIpc) is 3.30. The molecule has 0 saturated heterocycles. The Labute approximate surface area is 165 Å². The van der Waals surface area contributed by atoms with Crippen molar-refractivity contribution in [3.05, 3.63) is 65.8 Å². The monoisotopic (exact) mass is 394 g/mol. The van der Waals surface area contributed by atoms with Crippen molar-refractivity contribution in [2.24, 2.45) is 0 Å². The molecular weight excluding hydrogens is 380 g/mol. The minimum absolute atomic E-state index is 0.0959. The van der Waals surface area contributed by atoms with Crippen LogP contribution in [-0.4, -0.2) is 30.6 Å². The zero-order valence-electron chi connectivity index (χ0n) is 14.8. The molecule has 28 heavy (non-hydrogen) atoms. The second-order valence-electron chi connectivity index (χ2n) is 6.02. The number of rotatable bonds is 5. The number of hydrogen-bond acceptors (Lipinski definition) is 6. The van der Waals surface area contributed by atoms with Gasteiger partial charge in [0.05, 0.1) is 5.56 Å². The Balaban J connectivity index is 1.49. The van der Waals surface area contributed by atoms with Crippen LogP contribution in [0.3, 0.4) is 0 Å².